The summed E-state index contributed by atoms with van der Waals surface area (Å²) in [5.41, 5.74) is -1.51. The van der Waals surface area contributed by atoms with Crippen molar-refractivity contribution in [2.45, 2.75) is 30.8 Å². The lowest BCUT2D eigenvalue weighted by atomic mass is 10.2. The van der Waals surface area contributed by atoms with E-state index in [9.17, 15) is 30.4 Å². The van der Waals surface area contributed by atoms with Gasteiger partial charge in [0.2, 0.25) is 0 Å². The van der Waals surface area contributed by atoms with Crippen LogP contribution in [0.1, 0.15) is 19.4 Å². The van der Waals surface area contributed by atoms with E-state index in [0.29, 0.717) is 19.2 Å². The van der Waals surface area contributed by atoms with Gasteiger partial charge in [0.15, 0.2) is 16.4 Å². The lowest BCUT2D eigenvalue weighted by Gasteiger charge is -2.13. The average Bonchev–Trinajstić information content (AvgIpc) is 2.58. The third-order valence-electron chi connectivity index (χ3n) is 3.37. The summed E-state index contributed by atoms with van der Waals surface area (Å²) < 4.78 is 93.6. The Morgan fingerprint density at radius 2 is 1.74 bits per heavy atom. The van der Waals surface area contributed by atoms with Crippen LogP contribution in [-0.4, -0.2) is 36.7 Å². The van der Waals surface area contributed by atoms with Crippen molar-refractivity contribution in [3.8, 4) is 17.1 Å². The Morgan fingerprint density at radius 3 is 2.22 bits per heavy atom. The number of alkyl halides is 5. The summed E-state index contributed by atoms with van der Waals surface area (Å²) in [6, 6.07) is 2.98. The predicted molar refractivity (Wildman–Crippen MR) is 86.3 cm³/mol. The topological polar surface area (TPSA) is 69.2 Å². The maximum atomic E-state index is 12.9. The largest absolute Gasteiger partial charge is 0.486 e. The zero-order chi connectivity index (χ0) is 20.5. The molecule has 2 rings (SSSR count). The van der Waals surface area contributed by atoms with Crippen molar-refractivity contribution in [3.05, 3.63) is 36.2 Å². The molecule has 0 N–H and O–H groups in total. The normalized spacial score (nSPS) is 12.9. The van der Waals surface area contributed by atoms with E-state index in [0.717, 1.165) is 6.20 Å². The number of pyridine rings is 2. The maximum absolute atomic E-state index is 12.9. The Kier molecular flexibility index (Phi) is 5.74. The number of hydrogen-bond acceptors (Lipinski definition) is 5. The van der Waals surface area contributed by atoms with Crippen LogP contribution in [0.25, 0.3) is 11.4 Å². The molecular formula is C16H15F5N2O3S. The molecule has 0 aliphatic carbocycles. The van der Waals surface area contributed by atoms with E-state index in [-0.39, 0.29) is 17.1 Å². The molecule has 27 heavy (non-hydrogen) atoms. The van der Waals surface area contributed by atoms with Crippen molar-refractivity contribution < 1.29 is 35.1 Å². The molecule has 148 valence electrons. The molecule has 0 atom stereocenters. The van der Waals surface area contributed by atoms with Crippen molar-refractivity contribution in [1.29, 1.82) is 0 Å². The smallest absolute Gasteiger partial charge is 0.417 e. The second-order valence-corrected chi connectivity index (χ2v) is 7.96. The predicted octanol–water partition coefficient (Wildman–Crippen LogP) is 3.99. The molecule has 0 bridgehead atoms. The molecular weight excluding hydrogens is 395 g/mol. The lowest BCUT2D eigenvalue weighted by Crippen LogP contribution is -2.20. The molecule has 0 saturated carbocycles. The summed E-state index contributed by atoms with van der Waals surface area (Å²) in [5, 5.41) is 0. The Labute approximate surface area is 152 Å². The highest BCUT2D eigenvalue weighted by molar-refractivity contribution is 7.91. The molecule has 2 aromatic heterocycles. The number of nitrogens with zero attached hydrogens (tertiary/aromatic N) is 2. The Hall–Kier alpha value is -2.30. The highest BCUT2D eigenvalue weighted by Crippen LogP contribution is 2.34. The molecule has 0 unspecified atom stereocenters. The first-order chi connectivity index (χ1) is 12.3. The van der Waals surface area contributed by atoms with Crippen molar-refractivity contribution in [2.24, 2.45) is 0 Å². The number of halogens is 5. The molecule has 0 saturated heterocycles. The van der Waals surface area contributed by atoms with Gasteiger partial charge in [-0.15, -0.1) is 0 Å². The van der Waals surface area contributed by atoms with Gasteiger partial charge in [-0.1, -0.05) is 6.92 Å². The van der Waals surface area contributed by atoms with Crippen LogP contribution < -0.4 is 4.74 Å². The van der Waals surface area contributed by atoms with Gasteiger partial charge in [0.25, 0.3) is 5.92 Å². The van der Waals surface area contributed by atoms with Crippen LogP contribution in [0, 0.1) is 0 Å². The minimum absolute atomic E-state index is 0.00733. The molecule has 5 nitrogen and oxygen atoms in total. The van der Waals surface area contributed by atoms with Gasteiger partial charge in [0.05, 0.1) is 28.1 Å². The molecule has 0 spiro atoms. The van der Waals surface area contributed by atoms with E-state index in [1.54, 1.807) is 0 Å². The minimum atomic E-state index is -4.76. The SMILES string of the molecule is CCS(=O)(=O)c1cc(C(F)(F)F)cnc1-c1ccc(OCC(C)(F)F)cn1. The quantitative estimate of drug-likeness (QED) is 0.674. The first kappa shape index (κ1) is 21.0. The number of sulfone groups is 1. The van der Waals surface area contributed by atoms with E-state index in [1.807, 2.05) is 0 Å². The van der Waals surface area contributed by atoms with Gasteiger partial charge in [0, 0.05) is 13.1 Å². The van der Waals surface area contributed by atoms with Crippen LogP contribution in [0.3, 0.4) is 0 Å². The first-order valence-electron chi connectivity index (χ1n) is 7.60. The molecule has 0 amide bonds. The molecule has 2 heterocycles. The number of ether oxygens (including phenoxy) is 1. The van der Waals surface area contributed by atoms with Crippen molar-refractivity contribution in [2.75, 3.05) is 12.4 Å². The monoisotopic (exact) mass is 410 g/mol. The van der Waals surface area contributed by atoms with Crippen LogP contribution in [0.5, 0.6) is 5.75 Å². The van der Waals surface area contributed by atoms with Crippen LogP contribution >= 0.6 is 0 Å². The van der Waals surface area contributed by atoms with E-state index < -0.39 is 44.8 Å². The molecule has 0 aromatic carbocycles. The third-order valence-corrected chi connectivity index (χ3v) is 5.11. The molecule has 0 aliphatic rings. The number of rotatable bonds is 6. The molecule has 0 aliphatic heterocycles. The first-order valence-corrected chi connectivity index (χ1v) is 9.26. The van der Waals surface area contributed by atoms with Gasteiger partial charge in [-0.25, -0.2) is 17.2 Å². The molecule has 11 heteroatoms. The van der Waals surface area contributed by atoms with E-state index >= 15 is 0 Å². The highest BCUT2D eigenvalue weighted by atomic mass is 32.2. The van der Waals surface area contributed by atoms with Gasteiger partial charge >= 0.3 is 6.18 Å². The highest BCUT2D eigenvalue weighted by Gasteiger charge is 2.33. The van der Waals surface area contributed by atoms with Gasteiger partial charge in [0.1, 0.15) is 11.4 Å². The zero-order valence-corrected chi connectivity index (χ0v) is 15.0. The Morgan fingerprint density at radius 1 is 1.07 bits per heavy atom. The molecule has 0 radical (unpaired) electrons. The Balaban J connectivity index is 2.46. The van der Waals surface area contributed by atoms with Crippen LogP contribution in [0.15, 0.2) is 35.5 Å². The zero-order valence-electron chi connectivity index (χ0n) is 14.2. The van der Waals surface area contributed by atoms with Gasteiger partial charge in [-0.2, -0.15) is 13.2 Å². The summed E-state index contributed by atoms with van der Waals surface area (Å²) in [6.07, 6.45) is -3.20. The standard InChI is InChI=1S/C16H15F5N2O3S/c1-3-27(24,25)13-6-10(16(19,20)21)7-23-14(13)12-5-4-11(8-22-12)26-9-15(2,17)18/h4-8H,3,9H2,1-2H3. The van der Waals surface area contributed by atoms with Crippen molar-refractivity contribution >= 4 is 9.84 Å². The fraction of sp³-hybridized carbons (Fsp3) is 0.375. The van der Waals surface area contributed by atoms with Gasteiger partial charge in [-0.3, -0.25) is 9.97 Å². The maximum Gasteiger partial charge on any atom is 0.417 e. The fourth-order valence-corrected chi connectivity index (χ4v) is 3.07. The van der Waals surface area contributed by atoms with E-state index in [2.05, 4.69) is 9.97 Å². The number of aromatic nitrogens is 2. The average molecular weight is 410 g/mol. The van der Waals surface area contributed by atoms with E-state index in [1.165, 1.54) is 19.1 Å². The van der Waals surface area contributed by atoms with Gasteiger partial charge in [-0.05, 0) is 18.2 Å². The summed E-state index contributed by atoms with van der Waals surface area (Å²) in [6.45, 7) is 1.07. The van der Waals surface area contributed by atoms with Crippen LogP contribution in [0.2, 0.25) is 0 Å². The summed E-state index contributed by atoms with van der Waals surface area (Å²) in [5.74, 6) is -3.50. The summed E-state index contributed by atoms with van der Waals surface area (Å²) >= 11 is 0. The summed E-state index contributed by atoms with van der Waals surface area (Å²) in [4.78, 5) is 6.88. The third kappa shape index (κ3) is 5.34. The fourth-order valence-electron chi connectivity index (χ4n) is 2.00. The van der Waals surface area contributed by atoms with Crippen molar-refractivity contribution in [3.63, 3.8) is 0 Å². The molecule has 0 fully saturated rings. The van der Waals surface area contributed by atoms with E-state index in [4.69, 9.17) is 4.74 Å². The van der Waals surface area contributed by atoms with Crippen LogP contribution in [0.4, 0.5) is 22.0 Å². The minimum Gasteiger partial charge on any atom is -0.486 e. The number of hydrogen-bond donors (Lipinski definition) is 0. The van der Waals surface area contributed by atoms with Crippen molar-refractivity contribution in [1.82, 2.24) is 9.97 Å². The lowest BCUT2D eigenvalue weighted by molar-refractivity contribution is -0.138. The van der Waals surface area contributed by atoms with Gasteiger partial charge < -0.3 is 4.74 Å². The second kappa shape index (κ2) is 7.37. The molecule has 2 aromatic rings. The summed E-state index contributed by atoms with van der Waals surface area (Å²) in [7, 11) is -4.03. The second-order valence-electron chi connectivity index (χ2n) is 5.71. The van der Waals surface area contributed by atoms with Crippen LogP contribution in [-0.2, 0) is 16.0 Å². The Bertz CT molecular complexity index is 907.